The number of rotatable bonds is 0. The first-order valence-corrected chi connectivity index (χ1v) is 8.97. The molecule has 0 aromatic carbocycles. The van der Waals surface area contributed by atoms with E-state index in [2.05, 4.69) is 0 Å². The second-order valence-corrected chi connectivity index (χ2v) is 12.9. The average Bonchev–Trinajstić information content (AvgIpc) is 0.592. The Bertz CT molecular complexity index is 67.1. The van der Waals surface area contributed by atoms with E-state index in [-0.39, 0.29) is 5.48 Å². The maximum absolute atomic E-state index is 5.12. The molecule has 0 aliphatic rings. The SMILES string of the molecule is O.[NH2][Pt]([NH2])([NH2])([NH2])([NH2])[NH2]. The predicted octanol–water partition coefficient (Wildman–Crippen LogP) is -4.37. The van der Waals surface area contributed by atoms with Crippen LogP contribution in [-0.4, -0.2) is 5.48 Å². The van der Waals surface area contributed by atoms with Crippen molar-refractivity contribution in [2.24, 2.45) is 25.8 Å². The molecule has 0 aliphatic carbocycles. The monoisotopic (exact) mass is 309 g/mol. The number of nitrogens with two attached hydrogens (primary N) is 6. The Labute approximate surface area is 46.9 Å². The fourth-order valence-electron chi connectivity index (χ4n) is 0. The van der Waals surface area contributed by atoms with Crippen LogP contribution in [0.4, 0.5) is 0 Å². The van der Waals surface area contributed by atoms with Crippen LogP contribution in [0.2, 0.25) is 0 Å². The Morgan fingerprint density at radius 3 is 0.625 bits per heavy atom. The number of hydrogen-bond donors (Lipinski definition) is 6. The van der Waals surface area contributed by atoms with Crippen LogP contribution in [0, 0.1) is 0 Å². The normalized spacial score (nSPS) is 20.2. The van der Waals surface area contributed by atoms with Crippen LogP contribution < -0.4 is 25.8 Å². The quantitative estimate of drug-likeness (QED) is 0.262. The molecule has 0 aromatic rings. The summed E-state index contributed by atoms with van der Waals surface area (Å²) < 4.78 is 29.5. The van der Waals surface area contributed by atoms with Crippen LogP contribution >= 0.6 is 0 Å². The average molecular weight is 309 g/mol. The fourth-order valence-corrected chi connectivity index (χ4v) is 0. The molecule has 0 spiro atoms. The van der Waals surface area contributed by atoms with E-state index >= 15 is 0 Å². The van der Waals surface area contributed by atoms with E-state index < -0.39 is 15.1 Å². The predicted molar refractivity (Wildman–Crippen MR) is 28.7 cm³/mol. The van der Waals surface area contributed by atoms with E-state index in [1.165, 1.54) is 0 Å². The Morgan fingerprint density at radius 2 is 0.625 bits per heavy atom. The Morgan fingerprint density at radius 1 is 0.625 bits per heavy atom. The van der Waals surface area contributed by atoms with Crippen LogP contribution in [0.25, 0.3) is 0 Å². The zero-order valence-corrected chi connectivity index (χ0v) is 6.55. The molecule has 0 unspecified atom stereocenters. The molecule has 8 heteroatoms. The van der Waals surface area contributed by atoms with Crippen molar-refractivity contribution in [1.82, 2.24) is 0 Å². The van der Waals surface area contributed by atoms with Gasteiger partial charge in [-0.25, -0.2) is 0 Å². The van der Waals surface area contributed by atoms with E-state index in [0.717, 1.165) is 0 Å². The van der Waals surface area contributed by atoms with Gasteiger partial charge in [-0.1, -0.05) is 0 Å². The van der Waals surface area contributed by atoms with Gasteiger partial charge in [-0.05, 0) is 0 Å². The third kappa shape index (κ3) is 1120. The molecule has 0 saturated heterocycles. The second-order valence-electron chi connectivity index (χ2n) is 1.58. The first-order chi connectivity index (χ1) is 2.45. The summed E-state index contributed by atoms with van der Waals surface area (Å²) >= 11 is -5.12. The van der Waals surface area contributed by atoms with E-state index in [9.17, 15) is 0 Å². The topological polar surface area (TPSA) is 188 Å². The molecule has 60 valence electrons. The van der Waals surface area contributed by atoms with Gasteiger partial charge in [0.25, 0.3) is 0 Å². The molecule has 14 N–H and O–H groups in total. The van der Waals surface area contributed by atoms with E-state index in [1.54, 1.807) is 0 Å². The maximum atomic E-state index is 4.91. The van der Waals surface area contributed by atoms with Crippen LogP contribution in [0.5, 0.6) is 0 Å². The van der Waals surface area contributed by atoms with E-state index in [4.69, 9.17) is 25.8 Å². The molecular formula is H14N6OPt. The Hall–Kier alpha value is 0.408. The third-order valence-electron chi connectivity index (χ3n) is 0. The van der Waals surface area contributed by atoms with Crippen molar-refractivity contribution in [3.63, 3.8) is 0 Å². The van der Waals surface area contributed by atoms with Crippen molar-refractivity contribution in [2.45, 2.75) is 0 Å². The molecule has 0 saturated carbocycles. The summed E-state index contributed by atoms with van der Waals surface area (Å²) in [4.78, 5) is 0. The van der Waals surface area contributed by atoms with Gasteiger partial charge in [0.05, 0.1) is 0 Å². The van der Waals surface area contributed by atoms with Crippen molar-refractivity contribution >= 4 is 0 Å². The molecule has 0 radical (unpaired) electrons. The fraction of sp³-hybridized carbons (Fsp3) is 0. The van der Waals surface area contributed by atoms with Gasteiger partial charge in [0.15, 0.2) is 0 Å². The van der Waals surface area contributed by atoms with Crippen molar-refractivity contribution < 1.29 is 20.5 Å². The Kier molecular flexibility index (Phi) is 1.80. The summed E-state index contributed by atoms with van der Waals surface area (Å²) in [6.45, 7) is 0. The molecule has 0 atom stereocenters. The van der Waals surface area contributed by atoms with Crippen LogP contribution in [0.3, 0.4) is 0 Å². The first-order valence-electron chi connectivity index (χ1n) is 1.10. The molecule has 0 aromatic heterocycles. The van der Waals surface area contributed by atoms with Gasteiger partial charge >= 0.3 is 40.8 Å². The van der Waals surface area contributed by atoms with E-state index in [1.807, 2.05) is 0 Å². The molecule has 0 amide bonds. The van der Waals surface area contributed by atoms with Crippen molar-refractivity contribution in [2.75, 3.05) is 0 Å². The molecule has 0 fully saturated rings. The molecule has 0 aliphatic heterocycles. The Balaban J connectivity index is 0. The van der Waals surface area contributed by atoms with Gasteiger partial charge in [0.2, 0.25) is 0 Å². The molecule has 0 rings (SSSR count). The zero-order chi connectivity index (χ0) is 6.41. The zero-order valence-electron chi connectivity index (χ0n) is 4.28. The second kappa shape index (κ2) is 1.28. The van der Waals surface area contributed by atoms with Crippen LogP contribution in [-0.2, 0) is 15.1 Å². The minimum atomic E-state index is -5.12. The number of hydrogen-bond acceptors (Lipinski definition) is 6. The molecule has 0 bridgehead atoms. The summed E-state index contributed by atoms with van der Waals surface area (Å²) in [5.74, 6) is 0. The summed E-state index contributed by atoms with van der Waals surface area (Å²) in [5, 5.41) is 0. The third-order valence-corrected chi connectivity index (χ3v) is 0. The molecule has 7 nitrogen and oxygen atoms in total. The van der Waals surface area contributed by atoms with Crippen molar-refractivity contribution in [3.05, 3.63) is 0 Å². The standard InChI is InChI=1S/6H2N.H2O.Pt/h7*1H2;/q6*-1;;+6. The van der Waals surface area contributed by atoms with E-state index in [0.29, 0.717) is 0 Å². The summed E-state index contributed by atoms with van der Waals surface area (Å²) in [6, 6.07) is 0. The summed E-state index contributed by atoms with van der Waals surface area (Å²) in [7, 11) is 0. The molecule has 8 heavy (non-hydrogen) atoms. The van der Waals surface area contributed by atoms with Crippen LogP contribution in [0.15, 0.2) is 0 Å². The van der Waals surface area contributed by atoms with Gasteiger partial charge in [0, 0.05) is 0 Å². The van der Waals surface area contributed by atoms with Crippen LogP contribution in [0.1, 0.15) is 0 Å². The first kappa shape index (κ1) is 11.2. The van der Waals surface area contributed by atoms with Gasteiger partial charge in [-0.15, -0.1) is 0 Å². The van der Waals surface area contributed by atoms with Gasteiger partial charge in [-0.2, -0.15) is 0 Å². The van der Waals surface area contributed by atoms with Gasteiger partial charge in [0.1, 0.15) is 0 Å². The minimum absolute atomic E-state index is 0. The van der Waals surface area contributed by atoms with Gasteiger partial charge < -0.3 is 5.48 Å². The summed E-state index contributed by atoms with van der Waals surface area (Å²) in [5.41, 5.74) is 0. The molecular weight excluding hydrogens is 295 g/mol. The van der Waals surface area contributed by atoms with Crippen molar-refractivity contribution in [3.8, 4) is 0 Å². The molecule has 0 heterocycles. The summed E-state index contributed by atoms with van der Waals surface area (Å²) in [6.07, 6.45) is 0. The van der Waals surface area contributed by atoms with Gasteiger partial charge in [-0.3, -0.25) is 0 Å². The van der Waals surface area contributed by atoms with Crippen molar-refractivity contribution in [1.29, 1.82) is 0 Å².